The third kappa shape index (κ3) is 6.79. The van der Waals surface area contributed by atoms with Gasteiger partial charge in [-0.1, -0.05) is 43.7 Å². The van der Waals surface area contributed by atoms with E-state index in [1.165, 1.54) is 0 Å². The van der Waals surface area contributed by atoms with Gasteiger partial charge < -0.3 is 10.4 Å². The van der Waals surface area contributed by atoms with E-state index in [4.69, 9.17) is 9.66 Å². The predicted molar refractivity (Wildman–Crippen MR) is 84.7 cm³/mol. The van der Waals surface area contributed by atoms with Gasteiger partial charge in [-0.25, -0.2) is 4.79 Å². The molecule has 0 fully saturated rings. The SMILES string of the molecule is CCCC(C(=O)N[C@@H](CCS(=O)(=O)O)C(=O)O)c1ccccc1. The molecule has 0 aliphatic rings. The predicted octanol–water partition coefficient (Wildman–Crippen LogP) is 1.42. The van der Waals surface area contributed by atoms with Crippen LogP contribution in [0.2, 0.25) is 0 Å². The molecule has 1 aromatic carbocycles. The van der Waals surface area contributed by atoms with E-state index in [1.807, 2.05) is 13.0 Å². The van der Waals surface area contributed by atoms with Gasteiger partial charge in [-0.3, -0.25) is 9.35 Å². The average Bonchev–Trinajstić information content (AvgIpc) is 2.48. The summed E-state index contributed by atoms with van der Waals surface area (Å²) >= 11 is 0. The molecule has 0 bridgehead atoms. The number of carbonyl (C=O) groups is 2. The zero-order chi connectivity index (χ0) is 17.5. The standard InChI is InChI=1S/C15H21NO6S/c1-2-6-12(11-7-4-3-5-8-11)14(17)16-13(15(18)19)9-10-23(20,21)22/h3-5,7-8,12-13H,2,6,9-10H2,1H3,(H,16,17)(H,18,19)(H,20,21,22)/t12?,13-/m0/s1. The van der Waals surface area contributed by atoms with E-state index in [9.17, 15) is 18.0 Å². The van der Waals surface area contributed by atoms with E-state index in [0.29, 0.717) is 6.42 Å². The van der Waals surface area contributed by atoms with Crippen LogP contribution in [-0.2, 0) is 19.7 Å². The molecule has 0 aliphatic carbocycles. The van der Waals surface area contributed by atoms with Crippen LogP contribution in [-0.4, -0.2) is 41.7 Å². The number of carboxylic acids is 1. The number of carboxylic acid groups (broad SMARTS) is 1. The molecule has 128 valence electrons. The Morgan fingerprint density at radius 2 is 1.78 bits per heavy atom. The van der Waals surface area contributed by atoms with Crippen molar-refractivity contribution in [3.8, 4) is 0 Å². The monoisotopic (exact) mass is 343 g/mol. The molecular formula is C15H21NO6S. The van der Waals surface area contributed by atoms with Gasteiger partial charge in [-0.2, -0.15) is 8.42 Å². The maximum absolute atomic E-state index is 12.4. The summed E-state index contributed by atoms with van der Waals surface area (Å²) in [7, 11) is -4.29. The molecular weight excluding hydrogens is 322 g/mol. The molecule has 7 nitrogen and oxygen atoms in total. The Hall–Kier alpha value is -1.93. The summed E-state index contributed by atoms with van der Waals surface area (Å²) in [5.41, 5.74) is 0.769. The first kappa shape index (κ1) is 19.1. The maximum Gasteiger partial charge on any atom is 0.326 e. The van der Waals surface area contributed by atoms with Crippen molar-refractivity contribution in [3.05, 3.63) is 35.9 Å². The van der Waals surface area contributed by atoms with E-state index in [0.717, 1.165) is 12.0 Å². The normalized spacial score (nSPS) is 14.0. The Balaban J connectivity index is 2.84. The number of nitrogens with one attached hydrogen (secondary N) is 1. The number of amides is 1. The highest BCUT2D eigenvalue weighted by Gasteiger charge is 2.26. The van der Waals surface area contributed by atoms with Crippen molar-refractivity contribution in [2.75, 3.05) is 5.75 Å². The molecule has 8 heteroatoms. The van der Waals surface area contributed by atoms with Crippen molar-refractivity contribution >= 4 is 22.0 Å². The number of hydrogen-bond donors (Lipinski definition) is 3. The van der Waals surface area contributed by atoms with Gasteiger partial charge in [0, 0.05) is 0 Å². The Kier molecular flexibility index (Phi) is 7.18. The third-order valence-electron chi connectivity index (χ3n) is 3.37. The van der Waals surface area contributed by atoms with Crippen LogP contribution in [0.15, 0.2) is 30.3 Å². The first-order valence-electron chi connectivity index (χ1n) is 7.28. The first-order chi connectivity index (χ1) is 10.7. The van der Waals surface area contributed by atoms with Crippen LogP contribution in [0.5, 0.6) is 0 Å². The van der Waals surface area contributed by atoms with Gasteiger partial charge in [0.2, 0.25) is 5.91 Å². The Morgan fingerprint density at radius 3 is 2.26 bits per heavy atom. The molecule has 1 rings (SSSR count). The van der Waals surface area contributed by atoms with Crippen molar-refractivity contribution < 1.29 is 27.7 Å². The van der Waals surface area contributed by atoms with Gasteiger partial charge in [0.05, 0.1) is 11.7 Å². The first-order valence-corrected chi connectivity index (χ1v) is 8.88. The highest BCUT2D eigenvalue weighted by Crippen LogP contribution is 2.21. The molecule has 0 heterocycles. The second-order valence-electron chi connectivity index (χ2n) is 5.23. The van der Waals surface area contributed by atoms with E-state index < -0.39 is 46.1 Å². The number of rotatable bonds is 9. The minimum absolute atomic E-state index is 0.395. The van der Waals surface area contributed by atoms with Crippen LogP contribution < -0.4 is 5.32 Å². The van der Waals surface area contributed by atoms with Crippen molar-refractivity contribution in [3.63, 3.8) is 0 Å². The van der Waals surface area contributed by atoms with Crippen molar-refractivity contribution in [1.82, 2.24) is 5.32 Å². The second kappa shape index (κ2) is 8.64. The fraction of sp³-hybridized carbons (Fsp3) is 0.467. The lowest BCUT2D eigenvalue weighted by atomic mass is 9.93. The molecule has 0 saturated heterocycles. The summed E-state index contributed by atoms with van der Waals surface area (Å²) in [6, 6.07) is 7.60. The zero-order valence-electron chi connectivity index (χ0n) is 12.8. The minimum atomic E-state index is -4.29. The topological polar surface area (TPSA) is 121 Å². The molecule has 0 saturated carbocycles. The van der Waals surface area contributed by atoms with E-state index in [1.54, 1.807) is 24.3 Å². The van der Waals surface area contributed by atoms with Gasteiger partial charge in [0.1, 0.15) is 6.04 Å². The average molecular weight is 343 g/mol. The molecule has 0 aromatic heterocycles. The second-order valence-corrected chi connectivity index (χ2v) is 6.80. The Labute approximate surface area is 135 Å². The highest BCUT2D eigenvalue weighted by atomic mass is 32.2. The fourth-order valence-corrected chi connectivity index (χ4v) is 2.75. The minimum Gasteiger partial charge on any atom is -0.480 e. The molecule has 0 spiro atoms. The van der Waals surface area contributed by atoms with Crippen molar-refractivity contribution in [2.24, 2.45) is 0 Å². The van der Waals surface area contributed by atoms with Gasteiger partial charge in [0.25, 0.3) is 10.1 Å². The lowest BCUT2D eigenvalue weighted by Crippen LogP contribution is -2.44. The number of aliphatic carboxylic acids is 1. The van der Waals surface area contributed by atoms with Gasteiger partial charge in [0.15, 0.2) is 0 Å². The summed E-state index contributed by atoms with van der Waals surface area (Å²) in [6.45, 7) is 1.91. The van der Waals surface area contributed by atoms with E-state index >= 15 is 0 Å². The van der Waals surface area contributed by atoms with Crippen molar-refractivity contribution in [1.29, 1.82) is 0 Å². The lowest BCUT2D eigenvalue weighted by Gasteiger charge is -2.20. The molecule has 0 radical (unpaired) electrons. The smallest absolute Gasteiger partial charge is 0.326 e. The van der Waals surface area contributed by atoms with Gasteiger partial charge in [-0.15, -0.1) is 0 Å². The quantitative estimate of drug-likeness (QED) is 0.583. The van der Waals surface area contributed by atoms with Crippen LogP contribution in [0.25, 0.3) is 0 Å². The van der Waals surface area contributed by atoms with E-state index in [2.05, 4.69) is 5.32 Å². The molecule has 1 aromatic rings. The van der Waals surface area contributed by atoms with Crippen molar-refractivity contribution in [2.45, 2.75) is 38.1 Å². The van der Waals surface area contributed by atoms with Gasteiger partial charge >= 0.3 is 5.97 Å². The summed E-state index contributed by atoms with van der Waals surface area (Å²) in [5, 5.41) is 11.5. The van der Waals surface area contributed by atoms with Crippen LogP contribution in [0.4, 0.5) is 0 Å². The largest absolute Gasteiger partial charge is 0.480 e. The molecule has 3 N–H and O–H groups in total. The van der Waals surface area contributed by atoms with Crippen LogP contribution in [0.3, 0.4) is 0 Å². The molecule has 1 unspecified atom stereocenters. The lowest BCUT2D eigenvalue weighted by molar-refractivity contribution is -0.142. The number of benzene rings is 1. The molecule has 23 heavy (non-hydrogen) atoms. The van der Waals surface area contributed by atoms with E-state index in [-0.39, 0.29) is 0 Å². The molecule has 1 amide bonds. The Morgan fingerprint density at radius 1 is 1.17 bits per heavy atom. The van der Waals surface area contributed by atoms with Crippen LogP contribution in [0.1, 0.15) is 37.7 Å². The van der Waals surface area contributed by atoms with Crippen LogP contribution in [0, 0.1) is 0 Å². The third-order valence-corrected chi connectivity index (χ3v) is 4.13. The number of hydrogen-bond acceptors (Lipinski definition) is 4. The molecule has 2 atom stereocenters. The zero-order valence-corrected chi connectivity index (χ0v) is 13.6. The van der Waals surface area contributed by atoms with Gasteiger partial charge in [-0.05, 0) is 18.4 Å². The summed E-state index contributed by atoms with van der Waals surface area (Å²) in [6.07, 6.45) is 0.879. The Bertz CT molecular complexity index is 629. The summed E-state index contributed by atoms with van der Waals surface area (Å²) in [4.78, 5) is 23.6. The summed E-state index contributed by atoms with van der Waals surface area (Å²) in [5.74, 6) is -3.05. The highest BCUT2D eigenvalue weighted by molar-refractivity contribution is 7.85. The van der Waals surface area contributed by atoms with Crippen LogP contribution >= 0.6 is 0 Å². The summed E-state index contributed by atoms with van der Waals surface area (Å²) < 4.78 is 30.2. The number of carbonyl (C=O) groups excluding carboxylic acids is 1. The molecule has 0 aliphatic heterocycles. The fourth-order valence-electron chi connectivity index (χ4n) is 2.22. The maximum atomic E-state index is 12.4.